The molecule has 1 aliphatic heterocycles. The fourth-order valence-electron chi connectivity index (χ4n) is 3.79. The van der Waals surface area contributed by atoms with E-state index in [4.69, 9.17) is 13.9 Å². The number of benzene rings is 2. The topological polar surface area (TPSA) is 89.2 Å². The van der Waals surface area contributed by atoms with E-state index in [9.17, 15) is 19.1 Å². The van der Waals surface area contributed by atoms with E-state index in [1.807, 2.05) is 0 Å². The van der Waals surface area contributed by atoms with Crippen LogP contribution in [0.25, 0.3) is 5.76 Å². The van der Waals surface area contributed by atoms with Gasteiger partial charge in [-0.15, -0.1) is 0 Å². The molecule has 1 amide bonds. The van der Waals surface area contributed by atoms with Gasteiger partial charge in [-0.05, 0) is 42.0 Å². The number of likely N-dealkylation sites (tertiary alicyclic amines) is 1. The van der Waals surface area contributed by atoms with Crippen molar-refractivity contribution in [2.45, 2.75) is 12.6 Å². The zero-order chi connectivity index (χ0) is 22.8. The van der Waals surface area contributed by atoms with Crippen LogP contribution in [0.4, 0.5) is 4.39 Å². The summed E-state index contributed by atoms with van der Waals surface area (Å²) in [7, 11) is 2.84. The molecule has 0 bridgehead atoms. The summed E-state index contributed by atoms with van der Waals surface area (Å²) < 4.78 is 29.5. The number of halogens is 1. The second-order valence-electron chi connectivity index (χ2n) is 7.11. The van der Waals surface area contributed by atoms with E-state index >= 15 is 0 Å². The lowest BCUT2D eigenvalue weighted by molar-refractivity contribution is -0.140. The molecule has 0 saturated carbocycles. The Labute approximate surface area is 183 Å². The molecule has 32 heavy (non-hydrogen) atoms. The van der Waals surface area contributed by atoms with Crippen LogP contribution >= 0.6 is 0 Å². The van der Waals surface area contributed by atoms with E-state index in [0.29, 0.717) is 11.3 Å². The van der Waals surface area contributed by atoms with Crippen molar-refractivity contribution >= 4 is 17.4 Å². The number of rotatable bonds is 6. The Morgan fingerprint density at radius 3 is 2.25 bits per heavy atom. The lowest BCUT2D eigenvalue weighted by atomic mass is 9.98. The molecular formula is C24H20FNO6. The van der Waals surface area contributed by atoms with Gasteiger partial charge in [0.25, 0.3) is 11.7 Å². The number of ketones is 1. The number of Topliss-reactive ketones (excluding diaryl/α,β-unsaturated/α-hetero) is 1. The predicted octanol–water partition coefficient (Wildman–Crippen LogP) is 4.06. The predicted molar refractivity (Wildman–Crippen MR) is 113 cm³/mol. The van der Waals surface area contributed by atoms with E-state index in [-0.39, 0.29) is 29.2 Å². The van der Waals surface area contributed by atoms with E-state index < -0.39 is 29.3 Å². The molecule has 3 aromatic rings. The van der Waals surface area contributed by atoms with Gasteiger partial charge in [0, 0.05) is 6.54 Å². The van der Waals surface area contributed by atoms with Gasteiger partial charge in [0.1, 0.15) is 40.4 Å². The van der Waals surface area contributed by atoms with Gasteiger partial charge in [0.15, 0.2) is 0 Å². The van der Waals surface area contributed by atoms with Crippen molar-refractivity contribution in [2.24, 2.45) is 0 Å². The number of methoxy groups -OCH3 is 2. The molecule has 1 N–H and O–H groups in total. The molecular weight excluding hydrogens is 417 g/mol. The van der Waals surface area contributed by atoms with Gasteiger partial charge in [-0.3, -0.25) is 9.59 Å². The first-order valence-corrected chi connectivity index (χ1v) is 9.74. The van der Waals surface area contributed by atoms with E-state index in [1.54, 1.807) is 30.3 Å². The second kappa shape index (κ2) is 8.58. The number of furan rings is 1. The molecule has 1 fully saturated rings. The van der Waals surface area contributed by atoms with Gasteiger partial charge in [-0.1, -0.05) is 18.2 Å². The van der Waals surface area contributed by atoms with Gasteiger partial charge in [0.2, 0.25) is 0 Å². The average Bonchev–Trinajstić information content (AvgIpc) is 3.42. The molecule has 7 nitrogen and oxygen atoms in total. The number of carbonyl (C=O) groups is 2. The molecule has 0 spiro atoms. The maximum Gasteiger partial charge on any atom is 0.296 e. The SMILES string of the molecule is COc1cccc(OC)c1/C(O)=C1\C(=O)C(=O)N(Cc2ccc(F)cc2)C1c1ccco1. The fourth-order valence-corrected chi connectivity index (χ4v) is 3.79. The lowest BCUT2D eigenvalue weighted by Gasteiger charge is -2.23. The molecule has 0 aliphatic carbocycles. The molecule has 0 radical (unpaired) electrons. The zero-order valence-electron chi connectivity index (χ0n) is 17.4. The summed E-state index contributed by atoms with van der Waals surface area (Å²) in [5, 5.41) is 11.3. The summed E-state index contributed by atoms with van der Waals surface area (Å²) in [6, 6.07) is 12.7. The van der Waals surface area contributed by atoms with Crippen LogP contribution in [0, 0.1) is 5.82 Å². The van der Waals surface area contributed by atoms with Gasteiger partial charge in [-0.25, -0.2) is 4.39 Å². The van der Waals surface area contributed by atoms with Crippen molar-refractivity contribution < 1.29 is 33.0 Å². The Morgan fingerprint density at radius 1 is 1.03 bits per heavy atom. The normalized spacial score (nSPS) is 17.6. The van der Waals surface area contributed by atoms with Gasteiger partial charge < -0.3 is 23.9 Å². The maximum absolute atomic E-state index is 13.3. The smallest absolute Gasteiger partial charge is 0.296 e. The van der Waals surface area contributed by atoms with Crippen molar-refractivity contribution in [1.82, 2.24) is 4.90 Å². The largest absolute Gasteiger partial charge is 0.506 e. The van der Waals surface area contributed by atoms with Gasteiger partial charge >= 0.3 is 0 Å². The lowest BCUT2D eigenvalue weighted by Crippen LogP contribution is -2.29. The van der Waals surface area contributed by atoms with Crippen molar-refractivity contribution in [3.8, 4) is 11.5 Å². The monoisotopic (exact) mass is 437 g/mol. The highest BCUT2D eigenvalue weighted by Gasteiger charge is 2.48. The number of carbonyl (C=O) groups excluding carboxylic acids is 2. The number of ether oxygens (including phenoxy) is 2. The van der Waals surface area contributed by atoms with Crippen molar-refractivity contribution in [1.29, 1.82) is 0 Å². The Balaban J connectivity index is 1.89. The minimum absolute atomic E-state index is 0.00998. The second-order valence-corrected chi connectivity index (χ2v) is 7.11. The summed E-state index contributed by atoms with van der Waals surface area (Å²) in [6.45, 7) is 0.00998. The van der Waals surface area contributed by atoms with Gasteiger partial charge in [-0.2, -0.15) is 0 Å². The number of hydrogen-bond donors (Lipinski definition) is 1. The quantitative estimate of drug-likeness (QED) is 0.355. The Bertz CT molecular complexity index is 1160. The third kappa shape index (κ3) is 3.60. The van der Waals surface area contributed by atoms with E-state index in [2.05, 4.69) is 0 Å². The van der Waals surface area contributed by atoms with Gasteiger partial charge in [0.05, 0.1) is 26.1 Å². The van der Waals surface area contributed by atoms with Crippen LogP contribution in [-0.4, -0.2) is 35.9 Å². The molecule has 1 saturated heterocycles. The Hall–Kier alpha value is -4.07. The molecule has 2 aromatic carbocycles. The van der Waals surface area contributed by atoms with Crippen LogP contribution in [0.5, 0.6) is 11.5 Å². The summed E-state index contributed by atoms with van der Waals surface area (Å²) in [4.78, 5) is 27.4. The van der Waals surface area contributed by atoms with E-state index in [0.717, 1.165) is 0 Å². The van der Waals surface area contributed by atoms with E-state index in [1.165, 1.54) is 49.6 Å². The minimum Gasteiger partial charge on any atom is -0.506 e. The number of aliphatic hydroxyl groups excluding tert-OH is 1. The number of amides is 1. The number of aliphatic hydroxyl groups is 1. The fraction of sp³-hybridized carbons (Fsp3) is 0.167. The standard InChI is InChI=1S/C24H20FNO6/c1-30-16-5-3-6-17(31-2)19(16)22(27)20-21(18-7-4-12-32-18)26(24(29)23(20)28)13-14-8-10-15(25)11-9-14/h3-12,21,27H,13H2,1-2H3/b22-20+. The third-order valence-electron chi connectivity index (χ3n) is 5.28. The molecule has 164 valence electrons. The van der Waals surface area contributed by atoms with Crippen molar-refractivity contribution in [2.75, 3.05) is 14.2 Å². The van der Waals surface area contributed by atoms with Crippen LogP contribution in [-0.2, 0) is 16.1 Å². The molecule has 8 heteroatoms. The van der Waals surface area contributed by atoms with Crippen LogP contribution in [0.15, 0.2) is 70.9 Å². The maximum atomic E-state index is 13.3. The summed E-state index contributed by atoms with van der Waals surface area (Å²) >= 11 is 0. The number of nitrogens with zero attached hydrogens (tertiary/aromatic N) is 1. The first kappa shape index (κ1) is 21.2. The van der Waals surface area contributed by atoms with Crippen LogP contribution in [0.3, 0.4) is 0 Å². The molecule has 1 aliphatic rings. The van der Waals surface area contributed by atoms with Crippen molar-refractivity contribution in [3.05, 3.63) is 89.1 Å². The third-order valence-corrected chi connectivity index (χ3v) is 5.28. The van der Waals surface area contributed by atoms with Crippen LogP contribution in [0.1, 0.15) is 22.9 Å². The Morgan fingerprint density at radius 2 is 1.69 bits per heavy atom. The Kier molecular flexibility index (Phi) is 5.68. The van der Waals surface area contributed by atoms with Crippen LogP contribution in [0.2, 0.25) is 0 Å². The average molecular weight is 437 g/mol. The summed E-state index contributed by atoms with van der Waals surface area (Å²) in [5.41, 5.74) is 0.600. The van der Waals surface area contributed by atoms with Crippen LogP contribution < -0.4 is 9.47 Å². The van der Waals surface area contributed by atoms with Crippen molar-refractivity contribution in [3.63, 3.8) is 0 Å². The summed E-state index contributed by atoms with van der Waals surface area (Å²) in [5.74, 6) is -1.72. The highest BCUT2D eigenvalue weighted by molar-refractivity contribution is 6.46. The molecule has 1 aromatic heterocycles. The number of hydrogen-bond acceptors (Lipinski definition) is 6. The molecule has 1 atom stereocenters. The zero-order valence-corrected chi connectivity index (χ0v) is 17.4. The summed E-state index contributed by atoms with van der Waals surface area (Å²) in [6.07, 6.45) is 1.41. The molecule has 1 unspecified atom stereocenters. The molecule has 4 rings (SSSR count). The highest BCUT2D eigenvalue weighted by Crippen LogP contribution is 2.44. The minimum atomic E-state index is -0.996. The highest BCUT2D eigenvalue weighted by atomic mass is 19.1. The first-order valence-electron chi connectivity index (χ1n) is 9.74. The first-order chi connectivity index (χ1) is 15.5. The molecule has 2 heterocycles.